The van der Waals surface area contributed by atoms with Crippen LogP contribution in [-0.2, 0) is 104 Å². The van der Waals surface area contributed by atoms with Crippen molar-refractivity contribution in [3.63, 3.8) is 0 Å². The number of aliphatic hydroxyl groups excluding tert-OH is 1. The molecular weight excluding hydrogens is 1650 g/mol. The summed E-state index contributed by atoms with van der Waals surface area (Å²) in [5.74, 6) is -9.09. The zero-order valence-electron chi connectivity index (χ0n) is 75.7. The number of carbonyl (C=O) groups excluding carboxylic acids is 15. The second-order valence-corrected chi connectivity index (χ2v) is 36.2. The number of esters is 2. The highest BCUT2D eigenvalue weighted by molar-refractivity contribution is 6.38. The molecule has 0 aromatic heterocycles. The van der Waals surface area contributed by atoms with E-state index in [0.29, 0.717) is 124 Å². The van der Waals surface area contributed by atoms with Crippen LogP contribution in [0.4, 0.5) is 0 Å². The average Bonchev–Trinajstić information content (AvgIpc) is 1.65. The molecule has 128 heavy (non-hydrogen) atoms. The Bertz CT molecular complexity index is 4500. The highest BCUT2D eigenvalue weighted by Crippen LogP contribution is 2.38. The molecule has 4 aliphatic heterocycles. The Morgan fingerprint density at radius 2 is 0.914 bits per heavy atom. The van der Waals surface area contributed by atoms with Crippen molar-refractivity contribution in [2.24, 2.45) is 23.7 Å². The Labute approximate surface area is 748 Å². The first-order chi connectivity index (χ1) is 60.9. The Balaban J connectivity index is 0.000000289. The maximum atomic E-state index is 14.9. The van der Waals surface area contributed by atoms with Crippen LogP contribution < -0.4 is 52.0 Å². The van der Waals surface area contributed by atoms with Gasteiger partial charge in [-0.2, -0.15) is 0 Å². The third kappa shape index (κ3) is 29.9. The van der Waals surface area contributed by atoms with Crippen LogP contribution in [0.15, 0.2) is 109 Å². The van der Waals surface area contributed by atoms with Crippen LogP contribution in [0.5, 0.6) is 11.5 Å². The van der Waals surface area contributed by atoms with E-state index in [4.69, 9.17) is 28.4 Å². The number of likely N-dealkylation sites (N-methyl/N-ethyl adjacent to an activating group) is 2. The number of hydrogen-bond donors (Lipinski definition) is 9. The van der Waals surface area contributed by atoms with E-state index in [1.54, 1.807) is 165 Å². The maximum absolute atomic E-state index is 14.9. The predicted octanol–water partition coefficient (Wildman–Crippen LogP) is 4.88. The van der Waals surface area contributed by atoms with Gasteiger partial charge in [-0.05, 0) is 164 Å². The van der Waals surface area contributed by atoms with Gasteiger partial charge in [0.1, 0.15) is 59.0 Å². The second kappa shape index (κ2) is 47.6. The van der Waals surface area contributed by atoms with E-state index in [1.165, 1.54) is 19.6 Å². The third-order valence-electron chi connectivity index (χ3n) is 23.3. The molecule has 10 rings (SSSR count). The minimum atomic E-state index is -1.78. The molecule has 12 amide bonds. The molecule has 2 saturated heterocycles. The number of hydrogen-bond acceptors (Lipinski definition) is 22. The first-order valence-corrected chi connectivity index (χ1v) is 44.7. The number of benzene rings is 4. The molecule has 0 radical (unpaired) electrons. The number of carbonyl (C=O) groups is 15. The van der Waals surface area contributed by atoms with Crippen LogP contribution in [-0.4, -0.2) is 260 Å². The van der Waals surface area contributed by atoms with Gasteiger partial charge in [-0.25, -0.2) is 0 Å². The number of fused-ring (bicyclic) bond motifs is 8. The Morgan fingerprint density at radius 1 is 0.508 bits per heavy atom. The highest BCUT2D eigenvalue weighted by Gasteiger charge is 2.49. The summed E-state index contributed by atoms with van der Waals surface area (Å²) in [5, 5.41) is 32.8. The van der Waals surface area contributed by atoms with E-state index in [1.807, 2.05) is 27.7 Å². The van der Waals surface area contributed by atoms with Gasteiger partial charge in [-0.3, -0.25) is 71.9 Å². The van der Waals surface area contributed by atoms with Gasteiger partial charge in [-0.15, -0.1) is 0 Å². The molecule has 5 unspecified atom stereocenters. The van der Waals surface area contributed by atoms with Crippen LogP contribution in [0.25, 0.3) is 0 Å². The van der Waals surface area contributed by atoms with Gasteiger partial charge in [0, 0.05) is 67.0 Å². The molecule has 0 spiro atoms. The second-order valence-electron chi connectivity index (χ2n) is 36.2. The van der Waals surface area contributed by atoms with Crippen molar-refractivity contribution in [2.45, 2.75) is 249 Å². The Hall–Kier alpha value is -11.4. The average molecular weight is 1780 g/mol. The van der Waals surface area contributed by atoms with Crippen molar-refractivity contribution >= 4 is 88.6 Å². The van der Waals surface area contributed by atoms with E-state index in [0.717, 1.165) is 0 Å². The summed E-state index contributed by atoms with van der Waals surface area (Å²) in [6, 6.07) is 22.9. The van der Waals surface area contributed by atoms with Crippen LogP contribution >= 0.6 is 0 Å². The topological polar surface area (TPSA) is 441 Å². The monoisotopic (exact) mass is 1780 g/mol. The van der Waals surface area contributed by atoms with Gasteiger partial charge in [0.15, 0.2) is 6.10 Å². The van der Waals surface area contributed by atoms with Crippen molar-refractivity contribution in [3.05, 3.63) is 131 Å². The zero-order chi connectivity index (χ0) is 93.1. The molecular formula is C94H130N12O22. The van der Waals surface area contributed by atoms with Crippen LogP contribution in [0.3, 0.4) is 0 Å². The fourth-order valence-electron chi connectivity index (χ4n) is 16.8. The lowest BCUT2D eigenvalue weighted by molar-refractivity contribution is -0.162. The molecule has 2 saturated carbocycles. The van der Waals surface area contributed by atoms with Gasteiger partial charge in [0.05, 0.1) is 88.5 Å². The summed E-state index contributed by atoms with van der Waals surface area (Å²) < 4.78 is 35.6. The summed E-state index contributed by atoms with van der Waals surface area (Å²) in [6.45, 7) is 14.6. The fraction of sp³-hybridized carbons (Fsp3) is 0.585. The standard InChI is InChI=1S/C47H66N6O11.C47H64N6O11/c2*1-7-13-35(41(56)43(58)48-27-38(55)51-39(44(59)52(5)6)30-15-9-8-10-16-30)49-42(57)36-26-34-28-53(36)45(60)40(31-18-20-32(21-19-31)46(61)64-47(2,3)4)50-37(54)25-29-14-11-17-33(24-29)62-22-12-23-63-34/h8-11,14-17,24,31-32,34-36,39-41,56H,7,12-13,18-23,25-28H2,1-6H3,(H,48,58)(H,49,57)(H,50,54)(H,51,55);8-11,14-17,24,31-32,34-36,39-40H,7,12-13,18-23,25-28H2,1-6H3,(H,48,58)(H,49,57)(H,50,54)(H,51,55)/t31?,32?,34-,35?,36+,39+,40?,41?;31?,32?,34-,35?,36+,39+,40?/m11/s1. The number of Topliss-reactive ketones (excluding diaryl/α,β-unsaturated/α-hetero) is 1. The Kier molecular flexibility index (Phi) is 37.3. The summed E-state index contributed by atoms with van der Waals surface area (Å²) in [4.78, 5) is 209. The van der Waals surface area contributed by atoms with E-state index in [9.17, 15) is 77.0 Å². The van der Waals surface area contributed by atoms with Crippen molar-refractivity contribution < 1.29 is 105 Å². The van der Waals surface area contributed by atoms with Gasteiger partial charge < -0.3 is 95.7 Å². The van der Waals surface area contributed by atoms with E-state index in [-0.39, 0.29) is 106 Å². The van der Waals surface area contributed by atoms with E-state index in [2.05, 4.69) is 42.5 Å². The molecule has 2 aliphatic carbocycles. The van der Waals surface area contributed by atoms with Crippen LogP contribution in [0.2, 0.25) is 0 Å². The molecule has 11 atom stereocenters. The first-order valence-electron chi connectivity index (χ1n) is 44.7. The molecule has 4 fully saturated rings. The molecule has 34 heteroatoms. The van der Waals surface area contributed by atoms with Crippen LogP contribution in [0.1, 0.15) is 192 Å². The third-order valence-corrected chi connectivity index (χ3v) is 23.3. The van der Waals surface area contributed by atoms with Gasteiger partial charge in [0.25, 0.3) is 11.8 Å². The summed E-state index contributed by atoms with van der Waals surface area (Å²) in [7, 11) is 6.22. The predicted molar refractivity (Wildman–Crippen MR) is 469 cm³/mol. The smallest absolute Gasteiger partial charge is 0.309 e. The van der Waals surface area contributed by atoms with E-state index < -0.39 is 162 Å². The number of nitrogens with zero attached hydrogens (tertiary/aromatic N) is 4. The number of ether oxygens (including phenoxy) is 6. The molecule has 8 bridgehead atoms. The highest BCUT2D eigenvalue weighted by atomic mass is 16.6. The lowest BCUT2D eigenvalue weighted by Gasteiger charge is -2.37. The minimum Gasteiger partial charge on any atom is -0.493 e. The fourth-order valence-corrected chi connectivity index (χ4v) is 16.8. The summed E-state index contributed by atoms with van der Waals surface area (Å²) >= 11 is 0. The minimum absolute atomic E-state index is 0.0218. The number of ketones is 1. The lowest BCUT2D eigenvalue weighted by atomic mass is 9.78. The van der Waals surface area contributed by atoms with E-state index >= 15 is 0 Å². The molecule has 34 nitrogen and oxygen atoms in total. The number of amides is 12. The van der Waals surface area contributed by atoms with Crippen molar-refractivity contribution in [2.75, 3.05) is 80.8 Å². The summed E-state index contributed by atoms with van der Waals surface area (Å²) in [5.41, 5.74) is 1.15. The largest absolute Gasteiger partial charge is 0.493 e. The van der Waals surface area contributed by atoms with Crippen LogP contribution in [0, 0.1) is 23.7 Å². The molecule has 4 aromatic carbocycles. The van der Waals surface area contributed by atoms with Gasteiger partial charge in [0.2, 0.25) is 64.9 Å². The van der Waals surface area contributed by atoms with Gasteiger partial charge >= 0.3 is 11.9 Å². The molecule has 4 heterocycles. The van der Waals surface area contributed by atoms with Crippen molar-refractivity contribution in [1.82, 2.24) is 62.1 Å². The molecule has 698 valence electrons. The normalized spacial score (nSPS) is 23.0. The molecule has 6 aliphatic rings. The Morgan fingerprint density at radius 3 is 1.31 bits per heavy atom. The summed E-state index contributed by atoms with van der Waals surface area (Å²) in [6.07, 6.45) is 2.97. The zero-order valence-corrected chi connectivity index (χ0v) is 75.7. The van der Waals surface area contributed by atoms with Crippen molar-refractivity contribution in [3.8, 4) is 11.5 Å². The maximum Gasteiger partial charge on any atom is 0.309 e. The molecule has 4 aromatic rings. The quantitative estimate of drug-likeness (QED) is 0.0298. The SMILES string of the molecule is CCCC(NC(=O)[C@@H]1C[C@@H]2CN1C(=O)C(C1CCC(C(=O)OC(C)(C)C)CC1)NC(=O)Cc1cccc(c1)OCCCO2)C(=O)C(=O)NCC(=O)N[C@H](C(=O)N(C)C)c1ccccc1.CCCC(NC(=O)[C@@H]1C[C@@H]2CN1C(=O)C(C1CCC(C(=O)OC(C)(C)C)CC1)NC(=O)Cc1cccc(c1)OCCCO2)C(O)C(=O)NCC(=O)N[C@H](C(=O)N(C)C)c1ccccc1. The lowest BCUT2D eigenvalue weighted by Crippen LogP contribution is -2.59. The number of aliphatic hydroxyl groups is 1. The molecule has 9 N–H and O–H groups in total. The number of nitrogens with one attached hydrogen (secondary N) is 8. The van der Waals surface area contributed by atoms with Gasteiger partial charge in [-0.1, -0.05) is 112 Å². The number of rotatable bonds is 26. The van der Waals surface area contributed by atoms with Crippen molar-refractivity contribution in [1.29, 1.82) is 0 Å². The first kappa shape index (κ1) is 100.